The van der Waals surface area contributed by atoms with Gasteiger partial charge in [-0.05, 0) is 75.6 Å². The Morgan fingerprint density at radius 3 is 2.40 bits per heavy atom. The second kappa shape index (κ2) is 12.1. The predicted molar refractivity (Wildman–Crippen MR) is 133 cm³/mol. The fraction of sp³-hybridized carbons (Fsp3) is 0.640. The summed E-state index contributed by atoms with van der Waals surface area (Å²) in [6.45, 7) is 3.51. The van der Waals surface area contributed by atoms with Gasteiger partial charge in [0.05, 0.1) is 5.75 Å². The molecule has 1 saturated carbocycles. The molecule has 2 aliphatic rings. The molecule has 1 unspecified atom stereocenters. The minimum absolute atomic E-state index is 0.0375. The zero-order valence-electron chi connectivity index (χ0n) is 20.3. The largest absolute Gasteiger partial charge is 0.480 e. The minimum atomic E-state index is -3.77. The van der Waals surface area contributed by atoms with Crippen molar-refractivity contribution >= 4 is 27.7 Å². The van der Waals surface area contributed by atoms with Gasteiger partial charge in [-0.1, -0.05) is 25.5 Å². The van der Waals surface area contributed by atoms with Crippen LogP contribution in [0, 0.1) is 11.3 Å². The number of nitrogens with one attached hydrogen (secondary N) is 3. The summed E-state index contributed by atoms with van der Waals surface area (Å²) in [4.78, 5) is 37.3. The molecule has 1 saturated heterocycles. The smallest absolute Gasteiger partial charge is 0.323 e. The molecule has 0 aromatic heterocycles. The number of carbonyl (C=O) groups is 3. The first-order chi connectivity index (χ1) is 16.6. The minimum Gasteiger partial charge on any atom is -0.480 e. The average molecular weight is 508 g/mol. The highest BCUT2D eigenvalue weighted by atomic mass is 32.2. The number of hydrogen-bond donors (Lipinski definition) is 4. The second-order valence-electron chi connectivity index (χ2n) is 9.86. The molecule has 1 aromatic carbocycles. The Hall–Kier alpha value is -2.30. The van der Waals surface area contributed by atoms with Crippen molar-refractivity contribution in [3.05, 3.63) is 35.4 Å². The number of unbranched alkanes of at least 4 members (excludes halogenated alkanes) is 1. The van der Waals surface area contributed by atoms with E-state index in [1.807, 2.05) is 6.92 Å². The molecule has 0 radical (unpaired) electrons. The van der Waals surface area contributed by atoms with E-state index >= 15 is 0 Å². The third-order valence-corrected chi connectivity index (χ3v) is 8.81. The molecular formula is C25H37N3O6S. The number of amides is 1. The molecule has 1 aliphatic carbocycles. The number of ketones is 1. The first-order valence-corrected chi connectivity index (χ1v) is 14.2. The fourth-order valence-corrected chi connectivity index (χ4v) is 6.49. The van der Waals surface area contributed by atoms with Gasteiger partial charge < -0.3 is 15.7 Å². The summed E-state index contributed by atoms with van der Waals surface area (Å²) in [5, 5.41) is 15.3. The number of carboxylic acid groups (broad SMARTS) is 1. The summed E-state index contributed by atoms with van der Waals surface area (Å²) >= 11 is 0. The molecule has 0 bridgehead atoms. The van der Waals surface area contributed by atoms with Crippen molar-refractivity contribution < 1.29 is 27.9 Å². The number of sulfonamides is 1. The van der Waals surface area contributed by atoms with Crippen LogP contribution in [0.25, 0.3) is 0 Å². The van der Waals surface area contributed by atoms with Crippen LogP contribution in [-0.2, 0) is 14.8 Å². The van der Waals surface area contributed by atoms with E-state index in [0.717, 1.165) is 51.6 Å². The Morgan fingerprint density at radius 2 is 1.77 bits per heavy atom. The summed E-state index contributed by atoms with van der Waals surface area (Å²) in [5.74, 6) is -2.13. The first-order valence-electron chi connectivity index (χ1n) is 12.5. The lowest BCUT2D eigenvalue weighted by Crippen LogP contribution is -2.49. The third kappa shape index (κ3) is 7.59. The van der Waals surface area contributed by atoms with Gasteiger partial charge in [0.2, 0.25) is 10.0 Å². The zero-order chi connectivity index (χ0) is 25.5. The summed E-state index contributed by atoms with van der Waals surface area (Å²) in [6.07, 6.45) is 7.20. The van der Waals surface area contributed by atoms with Crippen LogP contribution in [-0.4, -0.2) is 62.6 Å². The molecule has 3 rings (SSSR count). The van der Waals surface area contributed by atoms with Crippen molar-refractivity contribution in [3.63, 3.8) is 0 Å². The number of aliphatic carboxylic acids is 1. The molecule has 4 N–H and O–H groups in total. The SMILES string of the molecule is CCCCS(=O)(=O)NC(CNC(=O)c1cccc(C(=O)C2CCC3(CCNCC3)CC2)c1)C(=O)O. The quantitative estimate of drug-likeness (QED) is 0.337. The van der Waals surface area contributed by atoms with Crippen molar-refractivity contribution in [1.82, 2.24) is 15.4 Å². The summed E-state index contributed by atoms with van der Waals surface area (Å²) in [5.41, 5.74) is 1.07. The molecule has 9 nitrogen and oxygen atoms in total. The number of Topliss-reactive ketones (excluding diaryl/α,β-unsaturated/α-hetero) is 1. The molecule has 10 heteroatoms. The van der Waals surface area contributed by atoms with Gasteiger partial charge in [-0.25, -0.2) is 8.42 Å². The highest BCUT2D eigenvalue weighted by Gasteiger charge is 2.38. The van der Waals surface area contributed by atoms with Crippen LogP contribution in [0.3, 0.4) is 0 Å². The Kier molecular flexibility index (Phi) is 9.43. The average Bonchev–Trinajstić information content (AvgIpc) is 2.85. The summed E-state index contributed by atoms with van der Waals surface area (Å²) < 4.78 is 26.3. The Bertz CT molecular complexity index is 1010. The van der Waals surface area contributed by atoms with Crippen molar-refractivity contribution in [3.8, 4) is 0 Å². The van der Waals surface area contributed by atoms with Crippen LogP contribution in [0.15, 0.2) is 24.3 Å². The summed E-state index contributed by atoms with van der Waals surface area (Å²) in [6, 6.07) is 4.96. The maximum absolute atomic E-state index is 13.1. The first kappa shape index (κ1) is 27.3. The topological polar surface area (TPSA) is 142 Å². The van der Waals surface area contributed by atoms with E-state index in [-0.39, 0.29) is 23.0 Å². The maximum atomic E-state index is 13.1. The number of benzene rings is 1. The number of piperidine rings is 1. The molecule has 1 amide bonds. The number of carboxylic acids is 1. The Labute approximate surface area is 207 Å². The van der Waals surface area contributed by atoms with E-state index in [4.69, 9.17) is 0 Å². The fourth-order valence-electron chi connectivity index (χ4n) is 5.09. The van der Waals surface area contributed by atoms with E-state index in [1.54, 1.807) is 18.2 Å². The van der Waals surface area contributed by atoms with Crippen molar-refractivity contribution in [1.29, 1.82) is 0 Å². The standard InChI is InChI=1S/C25H37N3O6S/c1-2-3-15-35(33,34)28-21(24(31)32)17-27-23(30)20-6-4-5-19(16-20)22(29)18-7-9-25(10-8-18)11-13-26-14-12-25/h4-6,16,18,21,26,28H,2-3,7-15,17H2,1H3,(H,27,30)(H,31,32). The highest BCUT2D eigenvalue weighted by molar-refractivity contribution is 7.89. The molecular weight excluding hydrogens is 470 g/mol. The number of carbonyl (C=O) groups excluding carboxylic acids is 2. The van der Waals surface area contributed by atoms with Crippen LogP contribution in [0.4, 0.5) is 0 Å². The molecule has 194 valence electrons. The van der Waals surface area contributed by atoms with Gasteiger partial charge in [0.15, 0.2) is 5.78 Å². The van der Waals surface area contributed by atoms with Gasteiger partial charge in [-0.3, -0.25) is 14.4 Å². The van der Waals surface area contributed by atoms with Crippen molar-refractivity contribution in [2.75, 3.05) is 25.4 Å². The van der Waals surface area contributed by atoms with Gasteiger partial charge in [-0.15, -0.1) is 0 Å². The van der Waals surface area contributed by atoms with Gasteiger partial charge in [-0.2, -0.15) is 4.72 Å². The van der Waals surface area contributed by atoms with E-state index < -0.39 is 34.5 Å². The van der Waals surface area contributed by atoms with Crippen LogP contribution in [0.5, 0.6) is 0 Å². The predicted octanol–water partition coefficient (Wildman–Crippen LogP) is 2.33. The third-order valence-electron chi connectivity index (χ3n) is 7.34. The van der Waals surface area contributed by atoms with E-state index in [2.05, 4.69) is 15.4 Å². The molecule has 1 spiro atoms. The summed E-state index contributed by atoms with van der Waals surface area (Å²) in [7, 11) is -3.77. The van der Waals surface area contributed by atoms with Gasteiger partial charge in [0.25, 0.3) is 5.91 Å². The maximum Gasteiger partial charge on any atom is 0.323 e. The van der Waals surface area contributed by atoms with Gasteiger partial charge in [0, 0.05) is 23.6 Å². The van der Waals surface area contributed by atoms with Crippen LogP contribution >= 0.6 is 0 Å². The lowest BCUT2D eigenvalue weighted by molar-refractivity contribution is -0.138. The van der Waals surface area contributed by atoms with Crippen molar-refractivity contribution in [2.45, 2.75) is 64.3 Å². The van der Waals surface area contributed by atoms with E-state index in [0.29, 0.717) is 23.8 Å². The molecule has 1 atom stereocenters. The number of hydrogen-bond acceptors (Lipinski definition) is 6. The zero-order valence-corrected chi connectivity index (χ0v) is 21.2. The second-order valence-corrected chi connectivity index (χ2v) is 11.7. The molecule has 1 aromatic rings. The Balaban J connectivity index is 1.58. The van der Waals surface area contributed by atoms with Crippen LogP contribution in [0.2, 0.25) is 0 Å². The molecule has 35 heavy (non-hydrogen) atoms. The molecule has 2 fully saturated rings. The lowest BCUT2D eigenvalue weighted by atomic mass is 9.65. The van der Waals surface area contributed by atoms with E-state index in [1.165, 1.54) is 6.07 Å². The highest BCUT2D eigenvalue weighted by Crippen LogP contribution is 2.45. The molecule has 1 aliphatic heterocycles. The van der Waals surface area contributed by atoms with Crippen molar-refractivity contribution in [2.24, 2.45) is 11.3 Å². The van der Waals surface area contributed by atoms with Crippen LogP contribution < -0.4 is 15.4 Å². The Morgan fingerprint density at radius 1 is 1.11 bits per heavy atom. The van der Waals surface area contributed by atoms with E-state index in [9.17, 15) is 27.9 Å². The lowest BCUT2D eigenvalue weighted by Gasteiger charge is -2.42. The monoisotopic (exact) mass is 507 g/mol. The van der Waals surface area contributed by atoms with Gasteiger partial charge in [0.1, 0.15) is 6.04 Å². The number of rotatable bonds is 11. The van der Waals surface area contributed by atoms with Crippen LogP contribution in [0.1, 0.15) is 79.0 Å². The molecule has 1 heterocycles. The van der Waals surface area contributed by atoms with Gasteiger partial charge >= 0.3 is 5.97 Å². The normalized spacial score (nSPS) is 19.2.